The van der Waals surface area contributed by atoms with Crippen LogP contribution in [0.1, 0.15) is 79.8 Å². The molecule has 0 amide bonds. The van der Waals surface area contributed by atoms with Crippen LogP contribution in [0.15, 0.2) is 30.3 Å². The Bertz CT molecular complexity index is 944. The van der Waals surface area contributed by atoms with E-state index in [2.05, 4.69) is 6.92 Å². The summed E-state index contributed by atoms with van der Waals surface area (Å²) in [6.07, 6.45) is 10.6. The number of carbonyl (C=O) groups is 1. The standard InChI is InChI=1S/C27H32F2O2/c1-3-4-5-6-18-8-10-19(11-9-18)24-16-21-13-12-20(15-23(21)27(30)31-24)22-14-7-17(2)25(28)26(22)29/h7,12-15,18-19,24H,3-6,8-11,16H2,1-2H3. The van der Waals surface area contributed by atoms with E-state index in [0.29, 0.717) is 23.5 Å². The summed E-state index contributed by atoms with van der Waals surface area (Å²) >= 11 is 0. The second kappa shape index (κ2) is 9.50. The van der Waals surface area contributed by atoms with Crippen LogP contribution in [0.4, 0.5) is 8.78 Å². The smallest absolute Gasteiger partial charge is 0.338 e. The van der Waals surface area contributed by atoms with Gasteiger partial charge in [-0.3, -0.25) is 0 Å². The molecule has 0 aromatic heterocycles. The minimum absolute atomic E-state index is 0.0732. The van der Waals surface area contributed by atoms with Crippen LogP contribution in [-0.2, 0) is 11.2 Å². The second-order valence-corrected chi connectivity index (χ2v) is 9.35. The zero-order chi connectivity index (χ0) is 22.0. The Hall–Kier alpha value is -2.23. The Morgan fingerprint density at radius 3 is 2.48 bits per heavy atom. The summed E-state index contributed by atoms with van der Waals surface area (Å²) in [5.74, 6) is -0.823. The van der Waals surface area contributed by atoms with Crippen LogP contribution in [-0.4, -0.2) is 12.1 Å². The van der Waals surface area contributed by atoms with Crippen molar-refractivity contribution in [2.45, 2.75) is 77.7 Å². The number of hydrogen-bond donors (Lipinski definition) is 0. The van der Waals surface area contributed by atoms with E-state index in [1.54, 1.807) is 24.3 Å². The van der Waals surface area contributed by atoms with Crippen molar-refractivity contribution >= 4 is 5.97 Å². The highest BCUT2D eigenvalue weighted by atomic mass is 19.2. The first-order chi connectivity index (χ1) is 15.0. The van der Waals surface area contributed by atoms with Crippen LogP contribution < -0.4 is 0 Å². The van der Waals surface area contributed by atoms with Crippen molar-refractivity contribution in [2.24, 2.45) is 11.8 Å². The van der Waals surface area contributed by atoms with Crippen molar-refractivity contribution in [1.29, 1.82) is 0 Å². The van der Waals surface area contributed by atoms with Crippen LogP contribution >= 0.6 is 0 Å². The molecule has 2 aromatic carbocycles. The fourth-order valence-corrected chi connectivity index (χ4v) is 5.23. The van der Waals surface area contributed by atoms with Gasteiger partial charge in [0.1, 0.15) is 6.10 Å². The Balaban J connectivity index is 1.45. The number of cyclic esters (lactones) is 1. The molecule has 1 aliphatic heterocycles. The molecule has 0 N–H and O–H groups in total. The number of carbonyl (C=O) groups excluding carboxylic acids is 1. The van der Waals surface area contributed by atoms with Crippen molar-refractivity contribution in [2.75, 3.05) is 0 Å². The van der Waals surface area contributed by atoms with E-state index >= 15 is 0 Å². The van der Waals surface area contributed by atoms with Gasteiger partial charge in [0.15, 0.2) is 11.6 Å². The van der Waals surface area contributed by atoms with Gasteiger partial charge >= 0.3 is 5.97 Å². The van der Waals surface area contributed by atoms with Gasteiger partial charge in [0, 0.05) is 12.0 Å². The number of fused-ring (bicyclic) bond motifs is 1. The predicted octanol–water partition coefficient (Wildman–Crippen LogP) is 7.41. The highest BCUT2D eigenvalue weighted by molar-refractivity contribution is 5.94. The van der Waals surface area contributed by atoms with Crippen molar-refractivity contribution in [3.8, 4) is 11.1 Å². The van der Waals surface area contributed by atoms with Gasteiger partial charge in [0.05, 0.1) is 5.56 Å². The molecule has 0 radical (unpaired) electrons. The molecule has 2 nitrogen and oxygen atoms in total. The molecule has 2 aliphatic rings. The summed E-state index contributed by atoms with van der Waals surface area (Å²) in [7, 11) is 0. The molecule has 166 valence electrons. The molecule has 1 aliphatic carbocycles. The molecule has 1 saturated carbocycles. The minimum atomic E-state index is -0.877. The van der Waals surface area contributed by atoms with Gasteiger partial charge in [0.25, 0.3) is 0 Å². The number of esters is 1. The lowest BCUT2D eigenvalue weighted by Gasteiger charge is -2.36. The lowest BCUT2D eigenvalue weighted by atomic mass is 9.75. The fourth-order valence-electron chi connectivity index (χ4n) is 5.23. The number of unbranched alkanes of at least 4 members (excludes halogenated alkanes) is 2. The third kappa shape index (κ3) is 4.68. The van der Waals surface area contributed by atoms with E-state index in [9.17, 15) is 13.6 Å². The summed E-state index contributed by atoms with van der Waals surface area (Å²) in [5, 5.41) is 0. The molecule has 1 atom stereocenters. The Labute approximate surface area is 184 Å². The molecular weight excluding hydrogens is 394 g/mol. The molecule has 0 bridgehead atoms. The van der Waals surface area contributed by atoms with E-state index in [1.165, 1.54) is 45.4 Å². The van der Waals surface area contributed by atoms with E-state index in [4.69, 9.17) is 4.74 Å². The largest absolute Gasteiger partial charge is 0.458 e. The minimum Gasteiger partial charge on any atom is -0.458 e. The van der Waals surface area contributed by atoms with E-state index in [1.807, 2.05) is 6.07 Å². The molecule has 4 heteroatoms. The average Bonchev–Trinajstić information content (AvgIpc) is 2.78. The highest BCUT2D eigenvalue weighted by Gasteiger charge is 2.34. The summed E-state index contributed by atoms with van der Waals surface area (Å²) in [6, 6.07) is 8.43. The maximum Gasteiger partial charge on any atom is 0.338 e. The van der Waals surface area contributed by atoms with Gasteiger partial charge in [-0.15, -0.1) is 0 Å². The molecule has 1 fully saturated rings. The Morgan fingerprint density at radius 2 is 1.74 bits per heavy atom. The molecular formula is C27H32F2O2. The van der Waals surface area contributed by atoms with Gasteiger partial charge in [-0.25, -0.2) is 13.6 Å². The number of benzene rings is 2. The van der Waals surface area contributed by atoms with Crippen LogP contribution in [0.25, 0.3) is 11.1 Å². The molecule has 1 unspecified atom stereocenters. The predicted molar refractivity (Wildman–Crippen MR) is 119 cm³/mol. The van der Waals surface area contributed by atoms with Crippen molar-refractivity contribution < 1.29 is 18.3 Å². The summed E-state index contributed by atoms with van der Waals surface area (Å²) < 4.78 is 34.3. The molecule has 31 heavy (non-hydrogen) atoms. The van der Waals surface area contributed by atoms with Gasteiger partial charge in [-0.1, -0.05) is 69.7 Å². The first-order valence-electron chi connectivity index (χ1n) is 11.8. The molecule has 1 heterocycles. The third-order valence-corrected chi connectivity index (χ3v) is 7.23. The van der Waals surface area contributed by atoms with Crippen molar-refractivity contribution in [3.05, 3.63) is 58.7 Å². The maximum atomic E-state index is 14.4. The van der Waals surface area contributed by atoms with Gasteiger partial charge in [-0.05, 0) is 54.4 Å². The quantitative estimate of drug-likeness (QED) is 0.355. The van der Waals surface area contributed by atoms with E-state index in [0.717, 1.165) is 24.3 Å². The lowest BCUT2D eigenvalue weighted by Crippen LogP contribution is -2.36. The Kier molecular flexibility index (Phi) is 6.74. The summed E-state index contributed by atoms with van der Waals surface area (Å²) in [5.41, 5.74) is 2.35. The first kappa shape index (κ1) is 22.0. The SMILES string of the molecule is CCCCCC1CCC(C2Cc3ccc(-c4ccc(C)c(F)c4F)cc3C(=O)O2)CC1. The number of ether oxygens (including phenoxy) is 1. The zero-order valence-corrected chi connectivity index (χ0v) is 18.6. The van der Waals surface area contributed by atoms with Crippen LogP contribution in [0, 0.1) is 30.4 Å². The van der Waals surface area contributed by atoms with Crippen molar-refractivity contribution in [3.63, 3.8) is 0 Å². The molecule has 0 saturated heterocycles. The molecule has 0 spiro atoms. The van der Waals surface area contributed by atoms with Gasteiger partial charge < -0.3 is 4.74 Å². The third-order valence-electron chi connectivity index (χ3n) is 7.23. The topological polar surface area (TPSA) is 26.3 Å². The van der Waals surface area contributed by atoms with Crippen LogP contribution in [0.5, 0.6) is 0 Å². The fraction of sp³-hybridized carbons (Fsp3) is 0.519. The normalized spacial score (nSPS) is 23.4. The molecule has 2 aromatic rings. The highest BCUT2D eigenvalue weighted by Crippen LogP contribution is 2.38. The first-order valence-corrected chi connectivity index (χ1v) is 11.8. The van der Waals surface area contributed by atoms with Crippen LogP contribution in [0.3, 0.4) is 0 Å². The van der Waals surface area contributed by atoms with Crippen LogP contribution in [0.2, 0.25) is 0 Å². The zero-order valence-electron chi connectivity index (χ0n) is 18.6. The van der Waals surface area contributed by atoms with E-state index in [-0.39, 0.29) is 23.2 Å². The average molecular weight is 427 g/mol. The van der Waals surface area contributed by atoms with Crippen molar-refractivity contribution in [1.82, 2.24) is 0 Å². The summed E-state index contributed by atoms with van der Waals surface area (Å²) in [4.78, 5) is 12.8. The second-order valence-electron chi connectivity index (χ2n) is 9.35. The monoisotopic (exact) mass is 426 g/mol. The number of rotatable bonds is 6. The number of halogens is 2. The number of hydrogen-bond acceptors (Lipinski definition) is 2. The van der Waals surface area contributed by atoms with E-state index < -0.39 is 11.6 Å². The Morgan fingerprint density at radius 1 is 0.968 bits per heavy atom. The van der Waals surface area contributed by atoms with Gasteiger partial charge in [0.2, 0.25) is 0 Å². The molecule has 4 rings (SSSR count). The number of aryl methyl sites for hydroxylation is 1. The van der Waals surface area contributed by atoms with Gasteiger partial charge in [-0.2, -0.15) is 0 Å². The summed E-state index contributed by atoms with van der Waals surface area (Å²) in [6.45, 7) is 3.77. The lowest BCUT2D eigenvalue weighted by molar-refractivity contribution is -0.000306. The maximum absolute atomic E-state index is 14.4.